The van der Waals surface area contributed by atoms with Crippen LogP contribution in [0.4, 0.5) is 0 Å². The molecule has 0 radical (unpaired) electrons. The molecule has 5 rings (SSSR count). The van der Waals surface area contributed by atoms with E-state index in [1.165, 1.54) is 38.4 Å². The van der Waals surface area contributed by atoms with Gasteiger partial charge in [-0.05, 0) is 52.9 Å². The van der Waals surface area contributed by atoms with Gasteiger partial charge in [0.2, 0.25) is 0 Å². The zero-order chi connectivity index (χ0) is 17.5. The number of benzene rings is 3. The van der Waals surface area contributed by atoms with Gasteiger partial charge in [-0.1, -0.05) is 61.5 Å². The summed E-state index contributed by atoms with van der Waals surface area (Å²) >= 11 is 0. The second-order valence-electron chi connectivity index (χ2n) is 7.08. The lowest BCUT2D eigenvalue weighted by Gasteiger charge is -2.23. The Hall–Kier alpha value is -2.71. The summed E-state index contributed by atoms with van der Waals surface area (Å²) in [5.74, 6) is 0. The summed E-state index contributed by atoms with van der Waals surface area (Å²) in [4.78, 5) is 5.12. The van der Waals surface area contributed by atoms with Crippen LogP contribution < -0.4 is 5.32 Å². The van der Waals surface area contributed by atoms with E-state index < -0.39 is 0 Å². The largest absolute Gasteiger partial charge is 0.312 e. The third kappa shape index (κ3) is 2.41. The summed E-state index contributed by atoms with van der Waals surface area (Å²) in [6.45, 7) is 4.12. The van der Waals surface area contributed by atoms with E-state index in [4.69, 9.17) is 4.98 Å². The van der Waals surface area contributed by atoms with Gasteiger partial charge in [0, 0.05) is 17.5 Å². The van der Waals surface area contributed by atoms with Gasteiger partial charge in [-0.25, -0.2) is 4.98 Å². The number of hydrogen-bond acceptors (Lipinski definition) is 2. The Bertz CT molecular complexity index is 1110. The molecule has 0 amide bonds. The molecular weight excluding hydrogens is 316 g/mol. The van der Waals surface area contributed by atoms with Crippen LogP contribution in [-0.4, -0.2) is 11.5 Å². The second kappa shape index (κ2) is 6.22. The standard InChI is InChI=1S/C24H22N2/c1-2-16-7-9-18(10-8-16)24-21-15-25-14-13-20(21)23-19-6-4-3-5-17(19)11-12-22(23)26-24/h3-12,25H,2,13-15H2,1H3. The fourth-order valence-corrected chi connectivity index (χ4v) is 4.18. The fraction of sp³-hybridized carbons (Fsp3) is 0.208. The maximum atomic E-state index is 5.12. The molecule has 0 atom stereocenters. The Kier molecular flexibility index (Phi) is 3.72. The molecular formula is C24H22N2. The van der Waals surface area contributed by atoms with E-state index in [2.05, 4.69) is 72.9 Å². The minimum atomic E-state index is 0.895. The van der Waals surface area contributed by atoms with Crippen LogP contribution in [0.3, 0.4) is 0 Å². The van der Waals surface area contributed by atoms with Gasteiger partial charge in [-0.15, -0.1) is 0 Å². The summed E-state index contributed by atoms with van der Waals surface area (Å²) in [5.41, 5.74) is 7.67. The summed E-state index contributed by atoms with van der Waals surface area (Å²) in [7, 11) is 0. The molecule has 0 fully saturated rings. The van der Waals surface area contributed by atoms with Crippen LogP contribution in [0.15, 0.2) is 60.7 Å². The SMILES string of the molecule is CCc1ccc(-c2nc3ccc4ccccc4c3c3c2CNCC3)cc1. The van der Waals surface area contributed by atoms with Crippen molar-refractivity contribution >= 4 is 21.7 Å². The van der Waals surface area contributed by atoms with Gasteiger partial charge < -0.3 is 5.32 Å². The number of fused-ring (bicyclic) bond motifs is 5. The molecule has 2 heterocycles. The molecule has 128 valence electrons. The van der Waals surface area contributed by atoms with E-state index in [0.29, 0.717) is 0 Å². The highest BCUT2D eigenvalue weighted by Crippen LogP contribution is 2.35. The number of hydrogen-bond donors (Lipinski definition) is 1. The molecule has 1 aromatic heterocycles. The smallest absolute Gasteiger partial charge is 0.0757 e. The highest BCUT2D eigenvalue weighted by molar-refractivity contribution is 6.09. The number of pyridine rings is 1. The van der Waals surface area contributed by atoms with Gasteiger partial charge in [-0.2, -0.15) is 0 Å². The third-order valence-corrected chi connectivity index (χ3v) is 5.58. The first-order valence-electron chi connectivity index (χ1n) is 9.48. The molecule has 0 saturated carbocycles. The number of aromatic nitrogens is 1. The Labute approximate surface area is 153 Å². The first kappa shape index (κ1) is 15.5. The molecule has 1 aliphatic heterocycles. The summed E-state index contributed by atoms with van der Waals surface area (Å²) < 4.78 is 0. The molecule has 26 heavy (non-hydrogen) atoms. The lowest BCUT2D eigenvalue weighted by Crippen LogP contribution is -2.25. The minimum Gasteiger partial charge on any atom is -0.312 e. The average Bonchev–Trinajstić information content (AvgIpc) is 2.73. The van der Waals surface area contributed by atoms with E-state index in [1.807, 2.05) is 0 Å². The van der Waals surface area contributed by atoms with Crippen molar-refractivity contribution in [2.75, 3.05) is 6.54 Å². The van der Waals surface area contributed by atoms with Crippen molar-refractivity contribution in [3.05, 3.63) is 77.4 Å². The molecule has 2 heteroatoms. The van der Waals surface area contributed by atoms with E-state index in [9.17, 15) is 0 Å². The van der Waals surface area contributed by atoms with Gasteiger partial charge in [0.05, 0.1) is 11.2 Å². The molecule has 1 aliphatic rings. The predicted octanol–water partition coefficient (Wildman–Crippen LogP) is 5.26. The first-order chi connectivity index (χ1) is 12.8. The molecule has 0 saturated heterocycles. The number of aryl methyl sites for hydroxylation is 1. The maximum absolute atomic E-state index is 5.12. The quantitative estimate of drug-likeness (QED) is 0.504. The van der Waals surface area contributed by atoms with Gasteiger partial charge in [0.15, 0.2) is 0 Å². The Balaban J connectivity index is 1.83. The average molecular weight is 338 g/mol. The number of nitrogens with one attached hydrogen (secondary N) is 1. The van der Waals surface area contributed by atoms with Gasteiger partial charge in [0.1, 0.15) is 0 Å². The highest BCUT2D eigenvalue weighted by Gasteiger charge is 2.20. The normalized spacial score (nSPS) is 13.9. The highest BCUT2D eigenvalue weighted by atomic mass is 14.9. The lowest BCUT2D eigenvalue weighted by atomic mass is 9.90. The summed E-state index contributed by atoms with van der Waals surface area (Å²) in [5, 5.41) is 7.50. The zero-order valence-electron chi connectivity index (χ0n) is 15.0. The molecule has 0 spiro atoms. The summed E-state index contributed by atoms with van der Waals surface area (Å²) in [6.07, 6.45) is 2.12. The monoisotopic (exact) mass is 338 g/mol. The third-order valence-electron chi connectivity index (χ3n) is 5.58. The van der Waals surface area contributed by atoms with E-state index in [-0.39, 0.29) is 0 Å². The van der Waals surface area contributed by atoms with Crippen LogP contribution in [0, 0.1) is 0 Å². The van der Waals surface area contributed by atoms with Gasteiger partial charge in [0.25, 0.3) is 0 Å². The maximum Gasteiger partial charge on any atom is 0.0757 e. The molecule has 0 unspecified atom stereocenters. The van der Waals surface area contributed by atoms with Crippen molar-refractivity contribution in [3.63, 3.8) is 0 Å². The molecule has 3 aromatic carbocycles. The molecule has 2 nitrogen and oxygen atoms in total. The van der Waals surface area contributed by atoms with Gasteiger partial charge in [-0.3, -0.25) is 0 Å². The summed E-state index contributed by atoms with van der Waals surface area (Å²) in [6, 6.07) is 22.0. The van der Waals surface area contributed by atoms with Crippen LogP contribution in [-0.2, 0) is 19.4 Å². The van der Waals surface area contributed by atoms with Crippen molar-refractivity contribution in [2.45, 2.75) is 26.3 Å². The minimum absolute atomic E-state index is 0.895. The number of nitrogens with zero attached hydrogens (tertiary/aromatic N) is 1. The van der Waals surface area contributed by atoms with Crippen molar-refractivity contribution in [3.8, 4) is 11.3 Å². The molecule has 0 aliphatic carbocycles. The molecule has 1 N–H and O–H groups in total. The molecule has 0 bridgehead atoms. The predicted molar refractivity (Wildman–Crippen MR) is 109 cm³/mol. The van der Waals surface area contributed by atoms with Crippen molar-refractivity contribution in [1.29, 1.82) is 0 Å². The lowest BCUT2D eigenvalue weighted by molar-refractivity contribution is 0.646. The van der Waals surface area contributed by atoms with Crippen molar-refractivity contribution in [1.82, 2.24) is 10.3 Å². The second-order valence-corrected chi connectivity index (χ2v) is 7.08. The Morgan fingerprint density at radius 3 is 2.62 bits per heavy atom. The van der Waals surface area contributed by atoms with Crippen LogP contribution in [0.1, 0.15) is 23.6 Å². The van der Waals surface area contributed by atoms with Crippen molar-refractivity contribution < 1.29 is 0 Å². The van der Waals surface area contributed by atoms with Crippen LogP contribution >= 0.6 is 0 Å². The fourth-order valence-electron chi connectivity index (χ4n) is 4.18. The van der Waals surface area contributed by atoms with Crippen LogP contribution in [0.5, 0.6) is 0 Å². The van der Waals surface area contributed by atoms with E-state index in [1.54, 1.807) is 0 Å². The van der Waals surface area contributed by atoms with E-state index >= 15 is 0 Å². The number of rotatable bonds is 2. The van der Waals surface area contributed by atoms with Crippen LogP contribution in [0.25, 0.3) is 32.9 Å². The zero-order valence-corrected chi connectivity index (χ0v) is 15.0. The molecule has 4 aromatic rings. The Morgan fingerprint density at radius 1 is 0.923 bits per heavy atom. The van der Waals surface area contributed by atoms with Gasteiger partial charge >= 0.3 is 0 Å². The van der Waals surface area contributed by atoms with Crippen molar-refractivity contribution in [2.24, 2.45) is 0 Å². The van der Waals surface area contributed by atoms with E-state index in [0.717, 1.165) is 37.1 Å². The first-order valence-corrected chi connectivity index (χ1v) is 9.48. The van der Waals surface area contributed by atoms with Crippen LogP contribution in [0.2, 0.25) is 0 Å². The topological polar surface area (TPSA) is 24.9 Å². The Morgan fingerprint density at radius 2 is 1.77 bits per heavy atom.